The number of nitrogens with one attached hydrogen (secondary N) is 1. The molecule has 156 valence electrons. The summed E-state index contributed by atoms with van der Waals surface area (Å²) in [6.45, 7) is 5.40. The minimum Gasteiger partial charge on any atom is -0.381 e. The standard InChI is InChI=1S/C22H30N4O3/c27-22-16-25(13-20-6-9-23-24-20)14-21(29-17-19-4-2-1-3-5-19)15-26(22)12-18-7-10-28-11-8-18/h1-6,9,18,21H,7-8,10-17H2,(H,23,24)/t21-/m0/s1. The maximum atomic E-state index is 13.0. The van der Waals surface area contributed by atoms with Crippen LogP contribution in [0.4, 0.5) is 0 Å². The Morgan fingerprint density at radius 1 is 1.14 bits per heavy atom. The fraction of sp³-hybridized carbons (Fsp3) is 0.545. The van der Waals surface area contributed by atoms with Crippen molar-refractivity contribution in [2.75, 3.05) is 39.4 Å². The first-order valence-electron chi connectivity index (χ1n) is 10.5. The second kappa shape index (κ2) is 10.0. The van der Waals surface area contributed by atoms with Crippen LogP contribution in [0, 0.1) is 5.92 Å². The van der Waals surface area contributed by atoms with Crippen molar-refractivity contribution in [3.63, 3.8) is 0 Å². The number of rotatable bonds is 7. The van der Waals surface area contributed by atoms with Gasteiger partial charge in [0.15, 0.2) is 0 Å². The Labute approximate surface area is 172 Å². The van der Waals surface area contributed by atoms with Crippen molar-refractivity contribution < 1.29 is 14.3 Å². The second-order valence-electron chi connectivity index (χ2n) is 8.02. The maximum absolute atomic E-state index is 13.0. The van der Waals surface area contributed by atoms with Crippen LogP contribution in [0.25, 0.3) is 0 Å². The van der Waals surface area contributed by atoms with Gasteiger partial charge in [-0.15, -0.1) is 0 Å². The zero-order valence-electron chi connectivity index (χ0n) is 16.8. The molecule has 3 heterocycles. The normalized spacial score (nSPS) is 22.0. The molecule has 0 unspecified atom stereocenters. The van der Waals surface area contributed by atoms with Gasteiger partial charge in [-0.2, -0.15) is 5.10 Å². The third-order valence-corrected chi connectivity index (χ3v) is 5.70. The molecule has 1 N–H and O–H groups in total. The molecule has 1 amide bonds. The summed E-state index contributed by atoms with van der Waals surface area (Å²) in [5.74, 6) is 0.698. The van der Waals surface area contributed by atoms with Crippen molar-refractivity contribution in [1.29, 1.82) is 0 Å². The number of carbonyl (C=O) groups excluding carboxylic acids is 1. The monoisotopic (exact) mass is 398 g/mol. The van der Waals surface area contributed by atoms with Gasteiger partial charge in [-0.1, -0.05) is 30.3 Å². The Kier molecular flexibility index (Phi) is 6.92. The summed E-state index contributed by atoms with van der Waals surface area (Å²) >= 11 is 0. The van der Waals surface area contributed by atoms with Gasteiger partial charge in [0.2, 0.25) is 5.91 Å². The van der Waals surface area contributed by atoms with E-state index in [1.165, 1.54) is 0 Å². The summed E-state index contributed by atoms with van der Waals surface area (Å²) in [5, 5.41) is 7.03. The van der Waals surface area contributed by atoms with Crippen LogP contribution in [-0.2, 0) is 27.4 Å². The van der Waals surface area contributed by atoms with E-state index < -0.39 is 0 Å². The number of aromatic nitrogens is 2. The van der Waals surface area contributed by atoms with E-state index in [9.17, 15) is 4.79 Å². The van der Waals surface area contributed by atoms with Gasteiger partial charge in [0.1, 0.15) is 0 Å². The highest BCUT2D eigenvalue weighted by molar-refractivity contribution is 5.78. The van der Waals surface area contributed by atoms with Crippen LogP contribution in [0.15, 0.2) is 42.6 Å². The predicted octanol–water partition coefficient (Wildman–Crippen LogP) is 2.07. The first-order valence-corrected chi connectivity index (χ1v) is 10.5. The van der Waals surface area contributed by atoms with E-state index in [1.807, 2.05) is 29.2 Å². The number of benzene rings is 1. The summed E-state index contributed by atoms with van der Waals surface area (Å²) in [4.78, 5) is 17.2. The molecule has 2 fully saturated rings. The van der Waals surface area contributed by atoms with Gasteiger partial charge in [-0.25, -0.2) is 0 Å². The van der Waals surface area contributed by atoms with E-state index in [2.05, 4.69) is 27.2 Å². The fourth-order valence-corrected chi connectivity index (χ4v) is 4.09. The van der Waals surface area contributed by atoms with Crippen molar-refractivity contribution in [3.05, 3.63) is 53.9 Å². The predicted molar refractivity (Wildman–Crippen MR) is 109 cm³/mol. The first-order chi connectivity index (χ1) is 14.3. The Morgan fingerprint density at radius 3 is 2.72 bits per heavy atom. The molecule has 2 aromatic rings. The molecule has 2 saturated heterocycles. The second-order valence-corrected chi connectivity index (χ2v) is 8.02. The lowest BCUT2D eigenvalue weighted by molar-refractivity contribution is -0.133. The van der Waals surface area contributed by atoms with Gasteiger partial charge in [0.25, 0.3) is 0 Å². The van der Waals surface area contributed by atoms with Gasteiger partial charge in [-0.3, -0.25) is 14.8 Å². The van der Waals surface area contributed by atoms with Gasteiger partial charge >= 0.3 is 0 Å². The van der Waals surface area contributed by atoms with Gasteiger partial charge in [0.05, 0.1) is 19.3 Å². The van der Waals surface area contributed by atoms with Crippen molar-refractivity contribution in [2.45, 2.75) is 32.1 Å². The molecule has 29 heavy (non-hydrogen) atoms. The topological polar surface area (TPSA) is 70.7 Å². The SMILES string of the molecule is O=C1CN(Cc2ccn[nH]2)C[C@H](OCc2ccccc2)CN1CC1CCOCC1. The number of hydrogen-bond acceptors (Lipinski definition) is 5. The lowest BCUT2D eigenvalue weighted by Crippen LogP contribution is -2.42. The third-order valence-electron chi connectivity index (χ3n) is 5.70. The van der Waals surface area contributed by atoms with Crippen LogP contribution in [0.1, 0.15) is 24.1 Å². The van der Waals surface area contributed by atoms with Gasteiger partial charge in [0, 0.05) is 51.3 Å². The highest BCUT2D eigenvalue weighted by Gasteiger charge is 2.30. The quantitative estimate of drug-likeness (QED) is 0.773. The molecule has 1 atom stereocenters. The zero-order valence-corrected chi connectivity index (χ0v) is 16.8. The number of carbonyl (C=O) groups is 1. The molecule has 0 radical (unpaired) electrons. The zero-order chi connectivity index (χ0) is 19.9. The Morgan fingerprint density at radius 2 is 1.97 bits per heavy atom. The summed E-state index contributed by atoms with van der Waals surface area (Å²) in [7, 11) is 0. The minimum atomic E-state index is -0.0237. The molecule has 4 rings (SSSR count). The van der Waals surface area contributed by atoms with Crippen molar-refractivity contribution in [3.8, 4) is 0 Å². The van der Waals surface area contributed by atoms with E-state index >= 15 is 0 Å². The highest BCUT2D eigenvalue weighted by atomic mass is 16.5. The summed E-state index contributed by atoms with van der Waals surface area (Å²) in [5.41, 5.74) is 2.16. The van der Waals surface area contributed by atoms with Crippen LogP contribution >= 0.6 is 0 Å². The van der Waals surface area contributed by atoms with Crippen molar-refractivity contribution >= 4 is 5.91 Å². The Hall–Kier alpha value is -2.22. The van der Waals surface area contributed by atoms with Crippen molar-refractivity contribution in [2.24, 2.45) is 5.92 Å². The van der Waals surface area contributed by atoms with Crippen LogP contribution in [0.5, 0.6) is 0 Å². The van der Waals surface area contributed by atoms with E-state index in [0.29, 0.717) is 32.2 Å². The summed E-state index contributed by atoms with van der Waals surface area (Å²) in [6.07, 6.45) is 3.77. The van der Waals surface area contributed by atoms with E-state index in [0.717, 1.165) is 50.4 Å². The van der Waals surface area contributed by atoms with E-state index in [-0.39, 0.29) is 12.0 Å². The number of ether oxygens (including phenoxy) is 2. The number of nitrogens with zero attached hydrogens (tertiary/aromatic N) is 3. The van der Waals surface area contributed by atoms with Crippen molar-refractivity contribution in [1.82, 2.24) is 20.0 Å². The van der Waals surface area contributed by atoms with Gasteiger partial charge in [-0.05, 0) is 30.4 Å². The largest absolute Gasteiger partial charge is 0.381 e. The average Bonchev–Trinajstić information content (AvgIpc) is 3.20. The number of hydrogen-bond donors (Lipinski definition) is 1. The highest BCUT2D eigenvalue weighted by Crippen LogP contribution is 2.19. The maximum Gasteiger partial charge on any atom is 0.236 e. The summed E-state index contributed by atoms with van der Waals surface area (Å²) < 4.78 is 11.8. The molecule has 1 aromatic heterocycles. The molecule has 2 aliphatic heterocycles. The molecule has 7 nitrogen and oxygen atoms in total. The molecular weight excluding hydrogens is 368 g/mol. The van der Waals surface area contributed by atoms with Crippen LogP contribution in [-0.4, -0.2) is 71.4 Å². The van der Waals surface area contributed by atoms with Crippen LogP contribution in [0.2, 0.25) is 0 Å². The molecule has 0 aliphatic carbocycles. The smallest absolute Gasteiger partial charge is 0.236 e. The number of H-pyrrole nitrogens is 1. The first kappa shape index (κ1) is 20.1. The summed E-state index contributed by atoms with van der Waals surface area (Å²) in [6, 6.07) is 12.2. The van der Waals surface area contributed by atoms with E-state index in [4.69, 9.17) is 9.47 Å². The lowest BCUT2D eigenvalue weighted by atomic mass is 9.99. The molecule has 7 heteroatoms. The molecular formula is C22H30N4O3. The number of amides is 1. The van der Waals surface area contributed by atoms with Crippen LogP contribution < -0.4 is 0 Å². The fourth-order valence-electron chi connectivity index (χ4n) is 4.09. The molecule has 0 saturated carbocycles. The van der Waals surface area contributed by atoms with E-state index in [1.54, 1.807) is 6.20 Å². The lowest BCUT2D eigenvalue weighted by Gasteiger charge is -2.30. The molecule has 1 aromatic carbocycles. The third kappa shape index (κ3) is 5.88. The Bertz CT molecular complexity index is 747. The molecule has 2 aliphatic rings. The molecule has 0 spiro atoms. The Balaban J connectivity index is 1.42. The molecule has 0 bridgehead atoms. The average molecular weight is 399 g/mol. The number of aromatic amines is 1. The van der Waals surface area contributed by atoms with Crippen LogP contribution in [0.3, 0.4) is 0 Å². The minimum absolute atomic E-state index is 0.0237. The van der Waals surface area contributed by atoms with Gasteiger partial charge < -0.3 is 14.4 Å².